The van der Waals surface area contributed by atoms with Crippen molar-refractivity contribution >= 4 is 11.8 Å². The van der Waals surface area contributed by atoms with E-state index in [0.717, 1.165) is 5.56 Å². The summed E-state index contributed by atoms with van der Waals surface area (Å²) in [5, 5.41) is 9.70. The second kappa shape index (κ2) is 5.57. The molecule has 0 atom stereocenters. The summed E-state index contributed by atoms with van der Waals surface area (Å²) in [6.07, 6.45) is 0.402. The van der Waals surface area contributed by atoms with Gasteiger partial charge >= 0.3 is 5.51 Å². The zero-order valence-electron chi connectivity index (χ0n) is 9.82. The van der Waals surface area contributed by atoms with Crippen LogP contribution in [-0.2, 0) is 6.42 Å². The van der Waals surface area contributed by atoms with Crippen molar-refractivity contribution in [3.05, 3.63) is 59.7 Å². The number of hydrogen-bond donors (Lipinski definition) is 1. The lowest BCUT2D eigenvalue weighted by atomic mass is 10.0. The van der Waals surface area contributed by atoms with Crippen molar-refractivity contribution in [2.24, 2.45) is 0 Å². The molecule has 0 radical (unpaired) electrons. The fourth-order valence-corrected chi connectivity index (χ4v) is 2.32. The van der Waals surface area contributed by atoms with E-state index in [-0.39, 0.29) is 22.4 Å². The predicted molar refractivity (Wildman–Crippen MR) is 69.3 cm³/mol. The van der Waals surface area contributed by atoms with Crippen LogP contribution in [0.15, 0.2) is 53.4 Å². The van der Waals surface area contributed by atoms with Gasteiger partial charge in [-0.1, -0.05) is 30.3 Å². The van der Waals surface area contributed by atoms with Gasteiger partial charge in [-0.2, -0.15) is 13.2 Å². The van der Waals surface area contributed by atoms with Gasteiger partial charge in [0.25, 0.3) is 0 Å². The van der Waals surface area contributed by atoms with Gasteiger partial charge in [0.15, 0.2) is 0 Å². The number of halogens is 3. The van der Waals surface area contributed by atoms with Crippen LogP contribution in [0.4, 0.5) is 13.2 Å². The van der Waals surface area contributed by atoms with Crippen LogP contribution in [-0.4, -0.2) is 10.6 Å². The summed E-state index contributed by atoms with van der Waals surface area (Å²) in [6, 6.07) is 13.2. The first-order valence-electron chi connectivity index (χ1n) is 5.55. The monoisotopic (exact) mass is 284 g/mol. The Morgan fingerprint density at radius 3 is 2.32 bits per heavy atom. The van der Waals surface area contributed by atoms with Gasteiger partial charge in [0.2, 0.25) is 0 Å². The average Bonchev–Trinajstić information content (AvgIpc) is 2.33. The molecule has 0 amide bonds. The van der Waals surface area contributed by atoms with E-state index in [9.17, 15) is 18.3 Å². The van der Waals surface area contributed by atoms with Crippen LogP contribution in [0.25, 0.3) is 0 Å². The van der Waals surface area contributed by atoms with E-state index in [2.05, 4.69) is 0 Å². The molecule has 100 valence electrons. The molecule has 5 heteroatoms. The number of hydrogen-bond acceptors (Lipinski definition) is 2. The molecule has 2 aromatic rings. The third kappa shape index (κ3) is 4.21. The fourth-order valence-electron chi connectivity index (χ4n) is 1.72. The number of thioether (sulfide) groups is 1. The van der Waals surface area contributed by atoms with Crippen LogP contribution in [0, 0.1) is 0 Å². The molecule has 0 aliphatic heterocycles. The lowest BCUT2D eigenvalue weighted by molar-refractivity contribution is -0.0328. The third-order valence-corrected chi connectivity index (χ3v) is 3.24. The summed E-state index contributed by atoms with van der Waals surface area (Å²) in [4.78, 5) is 0.0798. The van der Waals surface area contributed by atoms with Crippen LogP contribution >= 0.6 is 11.8 Å². The molecule has 0 heterocycles. The molecule has 0 aliphatic rings. The van der Waals surface area contributed by atoms with E-state index >= 15 is 0 Å². The Balaban J connectivity index is 2.23. The van der Waals surface area contributed by atoms with Crippen molar-refractivity contribution in [1.82, 2.24) is 0 Å². The Morgan fingerprint density at radius 2 is 1.68 bits per heavy atom. The predicted octanol–water partition coefficient (Wildman–Crippen LogP) is 4.59. The Morgan fingerprint density at radius 1 is 1.00 bits per heavy atom. The Hall–Kier alpha value is -1.62. The number of rotatable bonds is 3. The first-order valence-corrected chi connectivity index (χ1v) is 6.37. The largest absolute Gasteiger partial charge is 0.508 e. The Bertz CT molecular complexity index is 552. The smallest absolute Gasteiger partial charge is 0.446 e. The summed E-state index contributed by atoms with van der Waals surface area (Å²) in [6.45, 7) is 0. The molecule has 0 aliphatic carbocycles. The van der Waals surface area contributed by atoms with Gasteiger partial charge in [-0.15, -0.1) is 0 Å². The van der Waals surface area contributed by atoms with Crippen molar-refractivity contribution < 1.29 is 18.3 Å². The van der Waals surface area contributed by atoms with Gasteiger partial charge in [-0.05, 0) is 41.1 Å². The summed E-state index contributed by atoms with van der Waals surface area (Å²) in [5.74, 6) is 0.00961. The van der Waals surface area contributed by atoms with E-state index in [1.54, 1.807) is 0 Å². The van der Waals surface area contributed by atoms with Crippen LogP contribution in [0.5, 0.6) is 5.75 Å². The molecule has 0 spiro atoms. The fraction of sp³-hybridized carbons (Fsp3) is 0.143. The summed E-state index contributed by atoms with van der Waals surface area (Å²) < 4.78 is 36.9. The first kappa shape index (κ1) is 13.8. The van der Waals surface area contributed by atoms with Crippen LogP contribution < -0.4 is 0 Å². The molecule has 2 rings (SSSR count). The standard InChI is InChI=1S/C14H11F3OS/c15-14(16,17)19-12-6-7-13(18)11(9-12)8-10-4-2-1-3-5-10/h1-7,9,18H,8H2. The molecule has 0 aromatic heterocycles. The highest BCUT2D eigenvalue weighted by molar-refractivity contribution is 8.00. The molecule has 0 saturated heterocycles. The molecule has 2 aromatic carbocycles. The van der Waals surface area contributed by atoms with Crippen molar-refractivity contribution in [2.75, 3.05) is 0 Å². The van der Waals surface area contributed by atoms with Gasteiger partial charge in [-0.3, -0.25) is 0 Å². The van der Waals surface area contributed by atoms with E-state index in [1.807, 2.05) is 30.3 Å². The molecular formula is C14H11F3OS. The topological polar surface area (TPSA) is 20.2 Å². The second-order valence-electron chi connectivity index (χ2n) is 4.00. The van der Waals surface area contributed by atoms with Gasteiger partial charge in [-0.25, -0.2) is 0 Å². The first-order chi connectivity index (χ1) is 8.94. The SMILES string of the molecule is Oc1ccc(SC(F)(F)F)cc1Cc1ccccc1. The summed E-state index contributed by atoms with van der Waals surface area (Å²) >= 11 is -0.177. The number of phenolic OH excluding ortho intramolecular Hbond substituents is 1. The Labute approximate surface area is 113 Å². The highest BCUT2D eigenvalue weighted by Crippen LogP contribution is 2.38. The van der Waals surface area contributed by atoms with E-state index in [0.29, 0.717) is 12.0 Å². The van der Waals surface area contributed by atoms with Gasteiger partial charge in [0.05, 0.1) is 0 Å². The maximum absolute atomic E-state index is 12.3. The van der Waals surface area contributed by atoms with Crippen molar-refractivity contribution in [1.29, 1.82) is 0 Å². The molecule has 19 heavy (non-hydrogen) atoms. The average molecular weight is 284 g/mol. The van der Waals surface area contributed by atoms with Crippen molar-refractivity contribution in [2.45, 2.75) is 16.8 Å². The maximum atomic E-state index is 12.3. The Kier molecular flexibility index (Phi) is 4.04. The molecule has 0 unspecified atom stereocenters. The van der Waals surface area contributed by atoms with Gasteiger partial charge < -0.3 is 5.11 Å². The summed E-state index contributed by atoms with van der Waals surface area (Å²) in [5.41, 5.74) is -2.89. The van der Waals surface area contributed by atoms with Gasteiger partial charge in [0, 0.05) is 11.3 Å². The van der Waals surface area contributed by atoms with Crippen LogP contribution in [0.3, 0.4) is 0 Å². The van der Waals surface area contributed by atoms with E-state index in [1.165, 1.54) is 18.2 Å². The van der Waals surface area contributed by atoms with E-state index in [4.69, 9.17) is 0 Å². The maximum Gasteiger partial charge on any atom is 0.446 e. The minimum Gasteiger partial charge on any atom is -0.508 e. The molecular weight excluding hydrogens is 273 g/mol. The van der Waals surface area contributed by atoms with Crippen LogP contribution in [0.1, 0.15) is 11.1 Å². The van der Waals surface area contributed by atoms with Gasteiger partial charge in [0.1, 0.15) is 5.75 Å². The van der Waals surface area contributed by atoms with Crippen LogP contribution in [0.2, 0.25) is 0 Å². The number of alkyl halides is 3. The third-order valence-electron chi connectivity index (χ3n) is 2.52. The summed E-state index contributed by atoms with van der Waals surface area (Å²) in [7, 11) is 0. The minimum absolute atomic E-state index is 0.00961. The highest BCUT2D eigenvalue weighted by atomic mass is 32.2. The lowest BCUT2D eigenvalue weighted by Gasteiger charge is -2.09. The lowest BCUT2D eigenvalue weighted by Crippen LogP contribution is -1.99. The minimum atomic E-state index is -4.32. The molecule has 0 bridgehead atoms. The molecule has 1 nitrogen and oxygen atoms in total. The molecule has 0 saturated carbocycles. The number of benzene rings is 2. The van der Waals surface area contributed by atoms with E-state index < -0.39 is 5.51 Å². The van der Waals surface area contributed by atoms with Crippen molar-refractivity contribution in [3.8, 4) is 5.75 Å². The quantitative estimate of drug-likeness (QED) is 0.831. The zero-order chi connectivity index (χ0) is 13.9. The zero-order valence-corrected chi connectivity index (χ0v) is 10.6. The molecule has 1 N–H and O–H groups in total. The normalized spacial score (nSPS) is 11.5. The molecule has 0 fully saturated rings. The number of phenols is 1. The van der Waals surface area contributed by atoms with Crippen molar-refractivity contribution in [3.63, 3.8) is 0 Å². The number of aromatic hydroxyl groups is 1. The highest BCUT2D eigenvalue weighted by Gasteiger charge is 2.29. The second-order valence-corrected chi connectivity index (χ2v) is 5.14.